The average Bonchev–Trinajstić information content (AvgIpc) is 2.79. The van der Waals surface area contributed by atoms with Crippen LogP contribution in [0.3, 0.4) is 0 Å². The number of thioether (sulfide) groups is 1. The highest BCUT2D eigenvalue weighted by Crippen LogP contribution is 2.06. The zero-order valence-corrected chi connectivity index (χ0v) is 11.4. The molecule has 1 amide bonds. The van der Waals surface area contributed by atoms with Crippen molar-refractivity contribution in [2.75, 3.05) is 25.2 Å². The molecule has 0 fully saturated rings. The summed E-state index contributed by atoms with van der Waals surface area (Å²) in [6.07, 6.45) is 3.89. The Labute approximate surface area is 111 Å². The molecule has 0 aromatic carbocycles. The fourth-order valence-electron chi connectivity index (χ4n) is 1.38. The first kappa shape index (κ1) is 14.6. The van der Waals surface area contributed by atoms with E-state index in [0.29, 0.717) is 24.3 Å². The van der Waals surface area contributed by atoms with E-state index >= 15 is 0 Å². The van der Waals surface area contributed by atoms with Crippen molar-refractivity contribution >= 4 is 23.6 Å². The smallest absolute Gasteiger partial charge is 0.306 e. The van der Waals surface area contributed by atoms with E-state index in [1.807, 2.05) is 6.92 Å². The molecule has 5 nitrogen and oxygen atoms in total. The highest BCUT2D eigenvalue weighted by molar-refractivity contribution is 7.99. The van der Waals surface area contributed by atoms with Crippen LogP contribution in [0.4, 0.5) is 0 Å². The van der Waals surface area contributed by atoms with Crippen LogP contribution in [-0.2, 0) is 9.53 Å². The Morgan fingerprint density at radius 2 is 2.17 bits per heavy atom. The van der Waals surface area contributed by atoms with E-state index in [4.69, 9.17) is 0 Å². The van der Waals surface area contributed by atoms with Crippen LogP contribution in [0.15, 0.2) is 12.4 Å². The summed E-state index contributed by atoms with van der Waals surface area (Å²) in [6.45, 7) is 2.48. The minimum absolute atomic E-state index is 0.0673. The number of esters is 1. The first-order valence-corrected chi connectivity index (χ1v) is 6.86. The fourth-order valence-corrected chi connectivity index (χ4v) is 2.14. The first-order chi connectivity index (χ1) is 8.65. The summed E-state index contributed by atoms with van der Waals surface area (Å²) in [7, 11) is 1.38. The molecule has 0 atom stereocenters. The van der Waals surface area contributed by atoms with Gasteiger partial charge < -0.3 is 15.0 Å². The van der Waals surface area contributed by atoms with Crippen molar-refractivity contribution in [2.24, 2.45) is 0 Å². The number of hydrogen-bond donors (Lipinski definition) is 2. The number of amides is 1. The monoisotopic (exact) mass is 270 g/mol. The number of carbonyl (C=O) groups excluding carboxylic acids is 2. The topological polar surface area (TPSA) is 71.2 Å². The molecular formula is C12H18N2O3S. The lowest BCUT2D eigenvalue weighted by molar-refractivity contribution is -0.140. The summed E-state index contributed by atoms with van der Waals surface area (Å²) >= 11 is 1.62. The lowest BCUT2D eigenvalue weighted by atomic mass is 10.2. The molecule has 0 unspecified atom stereocenters. The molecule has 0 aliphatic rings. The summed E-state index contributed by atoms with van der Waals surface area (Å²) in [5.74, 6) is 1.23. The predicted molar refractivity (Wildman–Crippen MR) is 71.8 cm³/mol. The van der Waals surface area contributed by atoms with E-state index in [1.54, 1.807) is 24.2 Å². The third kappa shape index (κ3) is 4.83. The SMILES string of the molecule is COC(=O)CCSCCNC(=O)c1c[nH]cc1C. The molecule has 6 heteroatoms. The third-order valence-corrected chi connectivity index (χ3v) is 3.39. The van der Waals surface area contributed by atoms with Gasteiger partial charge in [-0.25, -0.2) is 0 Å². The number of H-pyrrole nitrogens is 1. The summed E-state index contributed by atoms with van der Waals surface area (Å²) in [5, 5.41) is 2.83. The van der Waals surface area contributed by atoms with Crippen molar-refractivity contribution in [2.45, 2.75) is 13.3 Å². The van der Waals surface area contributed by atoms with E-state index in [-0.39, 0.29) is 11.9 Å². The molecular weight excluding hydrogens is 252 g/mol. The second-order valence-electron chi connectivity index (χ2n) is 3.75. The Balaban J connectivity index is 2.10. The van der Waals surface area contributed by atoms with Gasteiger partial charge in [0.25, 0.3) is 5.91 Å². The number of aromatic amines is 1. The fraction of sp³-hybridized carbons (Fsp3) is 0.500. The van der Waals surface area contributed by atoms with Crippen LogP contribution in [-0.4, -0.2) is 42.0 Å². The van der Waals surface area contributed by atoms with Crippen LogP contribution < -0.4 is 5.32 Å². The Bertz CT molecular complexity index is 404. The number of rotatable bonds is 7. The van der Waals surface area contributed by atoms with Crippen molar-refractivity contribution in [1.82, 2.24) is 10.3 Å². The molecule has 1 aromatic rings. The van der Waals surface area contributed by atoms with Gasteiger partial charge >= 0.3 is 5.97 Å². The van der Waals surface area contributed by atoms with Crippen molar-refractivity contribution in [3.05, 3.63) is 23.5 Å². The van der Waals surface area contributed by atoms with Gasteiger partial charge in [-0.1, -0.05) is 0 Å². The second-order valence-corrected chi connectivity index (χ2v) is 4.97. The standard InChI is InChI=1S/C12H18N2O3S/c1-9-7-13-8-10(9)12(16)14-4-6-18-5-3-11(15)17-2/h7-8,13H,3-6H2,1-2H3,(H,14,16). The minimum Gasteiger partial charge on any atom is -0.469 e. The molecule has 100 valence electrons. The largest absolute Gasteiger partial charge is 0.469 e. The Morgan fingerprint density at radius 3 is 2.78 bits per heavy atom. The number of aryl methyl sites for hydroxylation is 1. The molecule has 0 spiro atoms. The van der Waals surface area contributed by atoms with E-state index in [0.717, 1.165) is 11.3 Å². The summed E-state index contributed by atoms with van der Waals surface area (Å²) in [6, 6.07) is 0. The van der Waals surface area contributed by atoms with Crippen molar-refractivity contribution in [3.63, 3.8) is 0 Å². The normalized spacial score (nSPS) is 10.1. The maximum Gasteiger partial charge on any atom is 0.306 e. The van der Waals surface area contributed by atoms with Gasteiger partial charge in [0.05, 0.1) is 19.1 Å². The van der Waals surface area contributed by atoms with Crippen LogP contribution in [0.2, 0.25) is 0 Å². The van der Waals surface area contributed by atoms with Gasteiger partial charge in [-0.15, -0.1) is 0 Å². The number of hydrogen-bond acceptors (Lipinski definition) is 4. The zero-order chi connectivity index (χ0) is 13.4. The van der Waals surface area contributed by atoms with E-state index in [1.165, 1.54) is 7.11 Å². The number of nitrogens with one attached hydrogen (secondary N) is 2. The van der Waals surface area contributed by atoms with Gasteiger partial charge in [0, 0.05) is 30.4 Å². The summed E-state index contributed by atoms with van der Waals surface area (Å²) in [4.78, 5) is 25.4. The van der Waals surface area contributed by atoms with Crippen molar-refractivity contribution in [1.29, 1.82) is 0 Å². The molecule has 0 bridgehead atoms. The van der Waals surface area contributed by atoms with Crippen LogP contribution in [0.5, 0.6) is 0 Å². The van der Waals surface area contributed by atoms with E-state index < -0.39 is 0 Å². The number of ether oxygens (including phenoxy) is 1. The zero-order valence-electron chi connectivity index (χ0n) is 10.6. The molecule has 18 heavy (non-hydrogen) atoms. The Kier molecular flexibility index (Phi) is 6.35. The lowest BCUT2D eigenvalue weighted by Gasteiger charge is -2.04. The lowest BCUT2D eigenvalue weighted by Crippen LogP contribution is -2.26. The third-order valence-electron chi connectivity index (χ3n) is 2.41. The number of aromatic nitrogens is 1. The van der Waals surface area contributed by atoms with Gasteiger partial charge in [-0.2, -0.15) is 11.8 Å². The molecule has 1 aromatic heterocycles. The van der Waals surface area contributed by atoms with Crippen molar-refractivity contribution < 1.29 is 14.3 Å². The first-order valence-electron chi connectivity index (χ1n) is 5.71. The van der Waals surface area contributed by atoms with Gasteiger partial charge in [-0.3, -0.25) is 9.59 Å². The average molecular weight is 270 g/mol. The van der Waals surface area contributed by atoms with Crippen LogP contribution in [0, 0.1) is 6.92 Å². The summed E-state index contributed by atoms with van der Waals surface area (Å²) in [5.41, 5.74) is 1.61. The highest BCUT2D eigenvalue weighted by Gasteiger charge is 2.08. The molecule has 2 N–H and O–H groups in total. The van der Waals surface area contributed by atoms with Crippen LogP contribution in [0.25, 0.3) is 0 Å². The van der Waals surface area contributed by atoms with Gasteiger partial charge in [0.1, 0.15) is 0 Å². The van der Waals surface area contributed by atoms with Crippen LogP contribution in [0.1, 0.15) is 22.3 Å². The van der Waals surface area contributed by atoms with E-state index in [9.17, 15) is 9.59 Å². The quantitative estimate of drug-likeness (QED) is 0.579. The van der Waals surface area contributed by atoms with E-state index in [2.05, 4.69) is 15.0 Å². The second kappa shape index (κ2) is 7.81. The van der Waals surface area contributed by atoms with Crippen molar-refractivity contribution in [3.8, 4) is 0 Å². The molecule has 0 radical (unpaired) electrons. The summed E-state index contributed by atoms with van der Waals surface area (Å²) < 4.78 is 4.53. The maximum absolute atomic E-state index is 11.7. The van der Waals surface area contributed by atoms with Gasteiger partial charge in [-0.05, 0) is 12.5 Å². The maximum atomic E-state index is 11.7. The number of methoxy groups -OCH3 is 1. The minimum atomic E-state index is -0.200. The van der Waals surface area contributed by atoms with Crippen LogP contribution >= 0.6 is 11.8 Å². The Morgan fingerprint density at radius 1 is 1.39 bits per heavy atom. The highest BCUT2D eigenvalue weighted by atomic mass is 32.2. The Hall–Kier alpha value is -1.43. The molecule has 1 heterocycles. The molecule has 0 saturated carbocycles. The van der Waals surface area contributed by atoms with Gasteiger partial charge in [0.15, 0.2) is 0 Å². The molecule has 0 aliphatic carbocycles. The number of carbonyl (C=O) groups is 2. The molecule has 0 aliphatic heterocycles. The van der Waals surface area contributed by atoms with Gasteiger partial charge in [0.2, 0.25) is 0 Å². The molecule has 0 saturated heterocycles. The predicted octanol–water partition coefficient (Wildman–Crippen LogP) is 1.35. The molecule has 1 rings (SSSR count).